The Morgan fingerprint density at radius 1 is 1.30 bits per heavy atom. The Balaban J connectivity index is 2.65. The molecule has 0 aromatic heterocycles. The molecule has 0 aliphatic carbocycles. The summed E-state index contributed by atoms with van der Waals surface area (Å²) in [5, 5.41) is 2.76. The molecule has 108 valence electrons. The van der Waals surface area contributed by atoms with Gasteiger partial charge in [0.25, 0.3) is 0 Å². The molecule has 3 nitrogen and oxygen atoms in total. The molecule has 1 N–H and O–H groups in total. The molecule has 0 bridgehead atoms. The van der Waals surface area contributed by atoms with E-state index < -0.39 is 11.7 Å². The predicted octanol–water partition coefficient (Wildman–Crippen LogP) is 3.86. The van der Waals surface area contributed by atoms with Gasteiger partial charge in [-0.05, 0) is 38.8 Å². The minimum absolute atomic E-state index is 0.408. The first kappa shape index (κ1) is 16.1. The summed E-state index contributed by atoms with van der Waals surface area (Å²) in [5.41, 5.74) is 1.48. The minimum Gasteiger partial charge on any atom is -0.444 e. The molecular formula is C17H23NO2. The molecule has 0 spiro atoms. The number of carbonyl (C=O) groups excluding carboxylic acids is 1. The molecule has 0 aliphatic heterocycles. The molecule has 0 fully saturated rings. The van der Waals surface area contributed by atoms with E-state index in [1.807, 2.05) is 45.0 Å². The SMILES string of the molecule is CCCC#Cc1ccccc1CNC(=O)OC(C)(C)C. The monoisotopic (exact) mass is 273 g/mol. The smallest absolute Gasteiger partial charge is 0.407 e. The van der Waals surface area contributed by atoms with Crippen LogP contribution in [0.15, 0.2) is 24.3 Å². The Morgan fingerprint density at radius 3 is 2.65 bits per heavy atom. The lowest BCUT2D eigenvalue weighted by atomic mass is 10.1. The van der Waals surface area contributed by atoms with Gasteiger partial charge >= 0.3 is 6.09 Å². The van der Waals surface area contributed by atoms with Crippen LogP contribution in [-0.4, -0.2) is 11.7 Å². The third-order valence-electron chi connectivity index (χ3n) is 2.44. The van der Waals surface area contributed by atoms with Crippen LogP contribution in [0.3, 0.4) is 0 Å². The molecule has 1 amide bonds. The third kappa shape index (κ3) is 6.29. The molecule has 0 aliphatic rings. The van der Waals surface area contributed by atoms with Crippen LogP contribution in [-0.2, 0) is 11.3 Å². The zero-order valence-electron chi connectivity index (χ0n) is 12.7. The maximum Gasteiger partial charge on any atom is 0.407 e. The van der Waals surface area contributed by atoms with Crippen molar-refractivity contribution in [2.24, 2.45) is 0 Å². The first-order chi connectivity index (χ1) is 9.42. The van der Waals surface area contributed by atoms with Gasteiger partial charge in [0, 0.05) is 18.5 Å². The highest BCUT2D eigenvalue weighted by atomic mass is 16.6. The molecule has 0 atom stereocenters. The fraction of sp³-hybridized carbons (Fsp3) is 0.471. The number of amides is 1. The molecular weight excluding hydrogens is 250 g/mol. The van der Waals surface area contributed by atoms with Gasteiger partial charge in [-0.1, -0.05) is 37.0 Å². The van der Waals surface area contributed by atoms with E-state index >= 15 is 0 Å². The molecule has 1 rings (SSSR count). The molecule has 1 aromatic carbocycles. The number of unbranched alkanes of at least 4 members (excludes halogenated alkanes) is 1. The maximum atomic E-state index is 11.6. The lowest BCUT2D eigenvalue weighted by Gasteiger charge is -2.19. The fourth-order valence-corrected chi connectivity index (χ4v) is 1.56. The number of alkyl carbamates (subject to hydrolysis) is 1. The normalized spacial score (nSPS) is 10.4. The van der Waals surface area contributed by atoms with Gasteiger partial charge < -0.3 is 10.1 Å². The summed E-state index contributed by atoms with van der Waals surface area (Å²) >= 11 is 0. The summed E-state index contributed by atoms with van der Waals surface area (Å²) in [4.78, 5) is 11.6. The number of ether oxygens (including phenoxy) is 1. The molecule has 0 unspecified atom stereocenters. The van der Waals surface area contributed by atoms with Gasteiger partial charge in [0.1, 0.15) is 5.60 Å². The number of carbonyl (C=O) groups is 1. The van der Waals surface area contributed by atoms with E-state index in [1.165, 1.54) is 0 Å². The van der Waals surface area contributed by atoms with Gasteiger partial charge in [-0.15, -0.1) is 0 Å². The Bertz CT molecular complexity index is 504. The van der Waals surface area contributed by atoms with E-state index in [9.17, 15) is 4.79 Å². The van der Waals surface area contributed by atoms with Crippen molar-refractivity contribution in [1.29, 1.82) is 0 Å². The van der Waals surface area contributed by atoms with Crippen molar-refractivity contribution in [3.63, 3.8) is 0 Å². The topological polar surface area (TPSA) is 38.3 Å². The van der Waals surface area contributed by atoms with Gasteiger partial charge in [0.15, 0.2) is 0 Å². The van der Waals surface area contributed by atoms with Crippen LogP contribution in [0.4, 0.5) is 4.79 Å². The van der Waals surface area contributed by atoms with Crippen LogP contribution in [0.2, 0.25) is 0 Å². The van der Waals surface area contributed by atoms with E-state index in [2.05, 4.69) is 24.1 Å². The summed E-state index contributed by atoms with van der Waals surface area (Å²) in [6.07, 6.45) is 1.52. The van der Waals surface area contributed by atoms with Gasteiger partial charge in [-0.2, -0.15) is 0 Å². The third-order valence-corrected chi connectivity index (χ3v) is 2.44. The van der Waals surface area contributed by atoms with E-state index in [-0.39, 0.29) is 0 Å². The Hall–Kier alpha value is -1.95. The van der Waals surface area contributed by atoms with Crippen LogP contribution in [0.5, 0.6) is 0 Å². The average Bonchev–Trinajstić information content (AvgIpc) is 2.36. The van der Waals surface area contributed by atoms with Crippen LogP contribution in [0, 0.1) is 11.8 Å². The molecule has 1 aromatic rings. The van der Waals surface area contributed by atoms with Crippen molar-refractivity contribution in [1.82, 2.24) is 5.32 Å². The Kier molecular flexibility index (Phi) is 6.11. The highest BCUT2D eigenvalue weighted by Gasteiger charge is 2.15. The van der Waals surface area contributed by atoms with Crippen molar-refractivity contribution in [2.75, 3.05) is 0 Å². The molecule has 0 heterocycles. The van der Waals surface area contributed by atoms with Crippen LogP contribution >= 0.6 is 0 Å². The maximum absolute atomic E-state index is 11.6. The summed E-state index contributed by atoms with van der Waals surface area (Å²) in [6, 6.07) is 7.83. The summed E-state index contributed by atoms with van der Waals surface area (Å²) in [6.45, 7) is 8.06. The van der Waals surface area contributed by atoms with E-state index in [4.69, 9.17) is 4.74 Å². The number of rotatable bonds is 3. The number of hydrogen-bond donors (Lipinski definition) is 1. The van der Waals surface area contributed by atoms with Gasteiger partial charge in [-0.25, -0.2) is 4.79 Å². The van der Waals surface area contributed by atoms with Gasteiger partial charge in [0.05, 0.1) is 0 Å². The van der Waals surface area contributed by atoms with Crippen molar-refractivity contribution >= 4 is 6.09 Å². The zero-order valence-corrected chi connectivity index (χ0v) is 12.7. The molecule has 3 heteroatoms. The second-order valence-electron chi connectivity index (χ2n) is 5.56. The van der Waals surface area contributed by atoms with E-state index in [0.29, 0.717) is 6.54 Å². The summed E-state index contributed by atoms with van der Waals surface area (Å²) in [7, 11) is 0. The molecule has 0 saturated heterocycles. The average molecular weight is 273 g/mol. The zero-order chi connectivity index (χ0) is 15.0. The molecule has 0 radical (unpaired) electrons. The number of benzene rings is 1. The van der Waals surface area contributed by atoms with E-state index in [0.717, 1.165) is 24.0 Å². The number of nitrogens with one attached hydrogen (secondary N) is 1. The first-order valence-corrected chi connectivity index (χ1v) is 6.96. The second kappa shape index (κ2) is 7.59. The largest absolute Gasteiger partial charge is 0.444 e. The number of hydrogen-bond acceptors (Lipinski definition) is 2. The van der Waals surface area contributed by atoms with Crippen LogP contribution < -0.4 is 5.32 Å². The van der Waals surface area contributed by atoms with E-state index in [1.54, 1.807) is 0 Å². The second-order valence-corrected chi connectivity index (χ2v) is 5.56. The molecule has 20 heavy (non-hydrogen) atoms. The Labute approximate surface area is 121 Å². The van der Waals surface area contributed by atoms with Crippen molar-refractivity contribution in [3.8, 4) is 11.8 Å². The van der Waals surface area contributed by atoms with Crippen molar-refractivity contribution < 1.29 is 9.53 Å². The fourth-order valence-electron chi connectivity index (χ4n) is 1.56. The quantitative estimate of drug-likeness (QED) is 0.849. The minimum atomic E-state index is -0.482. The lowest BCUT2D eigenvalue weighted by molar-refractivity contribution is 0.0523. The standard InChI is InChI=1S/C17H23NO2/c1-5-6-7-10-14-11-8-9-12-15(14)13-18-16(19)20-17(2,3)4/h8-9,11-12H,5-6,13H2,1-4H3,(H,18,19). The van der Waals surface area contributed by atoms with Crippen molar-refractivity contribution in [2.45, 2.75) is 52.7 Å². The molecule has 0 saturated carbocycles. The van der Waals surface area contributed by atoms with Crippen LogP contribution in [0.25, 0.3) is 0 Å². The highest BCUT2D eigenvalue weighted by Crippen LogP contribution is 2.09. The predicted molar refractivity (Wildman–Crippen MR) is 81.3 cm³/mol. The van der Waals surface area contributed by atoms with Crippen LogP contribution in [0.1, 0.15) is 51.7 Å². The first-order valence-electron chi connectivity index (χ1n) is 6.96. The van der Waals surface area contributed by atoms with Gasteiger partial charge in [-0.3, -0.25) is 0 Å². The Morgan fingerprint density at radius 2 is 2.00 bits per heavy atom. The highest BCUT2D eigenvalue weighted by molar-refractivity contribution is 5.67. The van der Waals surface area contributed by atoms with Crippen molar-refractivity contribution in [3.05, 3.63) is 35.4 Å². The summed E-state index contributed by atoms with van der Waals surface area (Å²) in [5.74, 6) is 6.27. The lowest BCUT2D eigenvalue weighted by Crippen LogP contribution is -2.32. The van der Waals surface area contributed by atoms with Gasteiger partial charge in [0.2, 0.25) is 0 Å². The summed E-state index contributed by atoms with van der Waals surface area (Å²) < 4.78 is 5.21.